The Hall–Kier alpha value is -1.81. The largest absolute Gasteiger partial charge is 0.491 e. The van der Waals surface area contributed by atoms with Gasteiger partial charge in [-0.3, -0.25) is 0 Å². The number of rotatable bonds is 6. The topological polar surface area (TPSA) is 77.4 Å². The van der Waals surface area contributed by atoms with E-state index in [1.807, 2.05) is 0 Å². The van der Waals surface area contributed by atoms with Gasteiger partial charge in [-0.2, -0.15) is 0 Å². The smallest absolute Gasteiger partial charge is 0.423 e. The molecule has 2 aromatic rings. The summed E-state index contributed by atoms with van der Waals surface area (Å²) in [4.78, 5) is 0. The van der Waals surface area contributed by atoms with Gasteiger partial charge >= 0.3 is 14.2 Å². The van der Waals surface area contributed by atoms with Crippen LogP contribution in [-0.2, 0) is 45.2 Å². The van der Waals surface area contributed by atoms with Gasteiger partial charge in [0.15, 0.2) is 0 Å². The molecule has 0 amide bonds. The SMILES string of the molecule is OB1OCc2cc(F)c(COCOCc3cc4c(cc3F)COB4O)cc21. The monoisotopic (exact) mass is 376 g/mol. The van der Waals surface area contributed by atoms with Crippen LogP contribution in [0.3, 0.4) is 0 Å². The second-order valence-electron chi connectivity index (χ2n) is 6.43. The first-order chi connectivity index (χ1) is 13.0. The summed E-state index contributed by atoms with van der Waals surface area (Å²) in [5, 5.41) is 19.3. The highest BCUT2D eigenvalue weighted by Gasteiger charge is 2.29. The summed E-state index contributed by atoms with van der Waals surface area (Å²) in [6, 6.07) is 5.64. The van der Waals surface area contributed by atoms with Gasteiger partial charge in [0.1, 0.15) is 18.4 Å². The Balaban J connectivity index is 1.30. The summed E-state index contributed by atoms with van der Waals surface area (Å²) in [5.74, 6) is -0.907. The lowest BCUT2D eigenvalue weighted by Gasteiger charge is -2.10. The van der Waals surface area contributed by atoms with Crippen molar-refractivity contribution in [2.75, 3.05) is 6.79 Å². The third-order valence-corrected chi connectivity index (χ3v) is 4.62. The van der Waals surface area contributed by atoms with Gasteiger partial charge in [-0.15, -0.1) is 0 Å². The van der Waals surface area contributed by atoms with Crippen molar-refractivity contribution in [2.45, 2.75) is 26.4 Å². The minimum absolute atomic E-state index is 0.0644. The summed E-state index contributed by atoms with van der Waals surface area (Å²) in [6.45, 7) is 0.0365. The summed E-state index contributed by atoms with van der Waals surface area (Å²) in [6.07, 6.45) is 0. The molecule has 10 heteroatoms. The van der Waals surface area contributed by atoms with Crippen LogP contribution in [0.2, 0.25) is 0 Å². The van der Waals surface area contributed by atoms with Gasteiger partial charge in [-0.1, -0.05) is 12.1 Å². The standard InChI is InChI=1S/C17H16B2F2O6/c20-16-3-10-7-26-18(22)14(10)1-12(16)5-24-9-25-6-13-2-15-11(4-17(13)21)8-27-19(15)23/h1-4,22-23H,5-9H2. The number of benzene rings is 2. The first-order valence-electron chi connectivity index (χ1n) is 8.40. The Morgan fingerprint density at radius 1 is 0.815 bits per heavy atom. The van der Waals surface area contributed by atoms with E-state index in [1.54, 1.807) is 0 Å². The minimum atomic E-state index is -1.06. The van der Waals surface area contributed by atoms with E-state index in [-0.39, 0.29) is 44.3 Å². The van der Waals surface area contributed by atoms with Crippen molar-refractivity contribution in [1.82, 2.24) is 0 Å². The molecular weight excluding hydrogens is 360 g/mol. The molecule has 2 aromatic carbocycles. The first-order valence-corrected chi connectivity index (χ1v) is 8.40. The molecule has 2 N–H and O–H groups in total. The van der Waals surface area contributed by atoms with Gasteiger partial charge in [0.2, 0.25) is 0 Å². The quantitative estimate of drug-likeness (QED) is 0.423. The maximum absolute atomic E-state index is 14.0. The lowest BCUT2D eigenvalue weighted by molar-refractivity contribution is -0.0701. The third-order valence-electron chi connectivity index (χ3n) is 4.62. The Labute approximate surface area is 154 Å². The predicted octanol–water partition coefficient (Wildman–Crippen LogP) is 0.0911. The van der Waals surface area contributed by atoms with E-state index in [9.17, 15) is 18.8 Å². The van der Waals surface area contributed by atoms with Gasteiger partial charge in [-0.25, -0.2) is 8.78 Å². The zero-order valence-electron chi connectivity index (χ0n) is 14.3. The van der Waals surface area contributed by atoms with Crippen molar-refractivity contribution in [2.24, 2.45) is 0 Å². The van der Waals surface area contributed by atoms with E-state index in [0.717, 1.165) is 0 Å². The Kier molecular flexibility index (Phi) is 5.27. The van der Waals surface area contributed by atoms with Gasteiger partial charge < -0.3 is 28.8 Å². The number of fused-ring (bicyclic) bond motifs is 2. The first kappa shape index (κ1) is 18.5. The van der Waals surface area contributed by atoms with Crippen molar-refractivity contribution in [3.05, 3.63) is 58.2 Å². The zero-order valence-corrected chi connectivity index (χ0v) is 14.3. The molecule has 2 aliphatic heterocycles. The maximum Gasteiger partial charge on any atom is 0.491 e. The highest BCUT2D eigenvalue weighted by Crippen LogP contribution is 2.17. The van der Waals surface area contributed by atoms with Crippen LogP contribution in [-0.4, -0.2) is 31.1 Å². The van der Waals surface area contributed by atoms with Gasteiger partial charge in [0.25, 0.3) is 0 Å². The average molecular weight is 376 g/mol. The molecule has 0 aromatic heterocycles. The van der Waals surface area contributed by atoms with E-state index >= 15 is 0 Å². The number of halogens is 2. The van der Waals surface area contributed by atoms with Crippen LogP contribution in [0, 0.1) is 11.6 Å². The summed E-state index contributed by atoms with van der Waals surface area (Å²) < 4.78 is 48.7. The summed E-state index contributed by atoms with van der Waals surface area (Å²) in [7, 11) is -2.12. The molecule has 0 saturated heterocycles. The van der Waals surface area contributed by atoms with Crippen molar-refractivity contribution in [3.63, 3.8) is 0 Å². The van der Waals surface area contributed by atoms with Crippen LogP contribution in [0.5, 0.6) is 0 Å². The number of hydrogen-bond acceptors (Lipinski definition) is 6. The molecule has 0 atom stereocenters. The minimum Gasteiger partial charge on any atom is -0.423 e. The normalized spacial score (nSPS) is 15.4. The van der Waals surface area contributed by atoms with E-state index < -0.39 is 25.9 Å². The van der Waals surface area contributed by atoms with E-state index in [2.05, 4.69) is 0 Å². The predicted molar refractivity (Wildman–Crippen MR) is 92.0 cm³/mol. The van der Waals surface area contributed by atoms with Crippen LogP contribution in [0.25, 0.3) is 0 Å². The van der Waals surface area contributed by atoms with Crippen LogP contribution in [0.15, 0.2) is 24.3 Å². The van der Waals surface area contributed by atoms with Crippen molar-refractivity contribution < 1.29 is 37.6 Å². The van der Waals surface area contributed by atoms with Crippen LogP contribution >= 0.6 is 0 Å². The molecular formula is C17H16B2F2O6. The molecule has 6 nitrogen and oxygen atoms in total. The van der Waals surface area contributed by atoms with Gasteiger partial charge in [0.05, 0.1) is 26.4 Å². The Bertz CT molecular complexity index is 796. The molecule has 0 spiro atoms. The molecule has 0 saturated carbocycles. The molecule has 0 aliphatic carbocycles. The molecule has 140 valence electrons. The lowest BCUT2D eigenvalue weighted by Crippen LogP contribution is -2.29. The van der Waals surface area contributed by atoms with Crippen molar-refractivity contribution in [3.8, 4) is 0 Å². The molecule has 2 heterocycles. The molecule has 27 heavy (non-hydrogen) atoms. The highest BCUT2D eigenvalue weighted by molar-refractivity contribution is 6.62. The summed E-state index contributed by atoms with van der Waals surface area (Å²) in [5.41, 5.74) is 2.81. The average Bonchev–Trinajstić information content (AvgIpc) is 3.18. The zero-order chi connectivity index (χ0) is 19.0. The van der Waals surface area contributed by atoms with Crippen molar-refractivity contribution in [1.29, 1.82) is 0 Å². The van der Waals surface area contributed by atoms with E-state index in [4.69, 9.17) is 18.8 Å². The van der Waals surface area contributed by atoms with E-state index in [0.29, 0.717) is 22.1 Å². The van der Waals surface area contributed by atoms with Crippen molar-refractivity contribution >= 4 is 25.2 Å². The molecule has 0 radical (unpaired) electrons. The molecule has 0 fully saturated rings. The fraction of sp³-hybridized carbons (Fsp3) is 0.294. The van der Waals surface area contributed by atoms with E-state index in [1.165, 1.54) is 24.3 Å². The van der Waals surface area contributed by atoms with Gasteiger partial charge in [-0.05, 0) is 34.2 Å². The molecule has 2 aliphatic rings. The fourth-order valence-electron chi connectivity index (χ4n) is 3.17. The fourth-order valence-corrected chi connectivity index (χ4v) is 3.17. The Morgan fingerprint density at radius 2 is 1.26 bits per heavy atom. The molecule has 0 bridgehead atoms. The number of hydrogen-bond donors (Lipinski definition) is 2. The second kappa shape index (κ2) is 7.67. The maximum atomic E-state index is 14.0. The highest BCUT2D eigenvalue weighted by atomic mass is 19.1. The second-order valence-corrected chi connectivity index (χ2v) is 6.43. The lowest BCUT2D eigenvalue weighted by atomic mass is 9.79. The van der Waals surface area contributed by atoms with Crippen LogP contribution in [0.4, 0.5) is 8.78 Å². The van der Waals surface area contributed by atoms with Gasteiger partial charge in [0, 0.05) is 11.1 Å². The summed E-state index contributed by atoms with van der Waals surface area (Å²) >= 11 is 0. The third kappa shape index (κ3) is 3.77. The van der Waals surface area contributed by atoms with Crippen LogP contribution < -0.4 is 10.9 Å². The Morgan fingerprint density at radius 3 is 1.70 bits per heavy atom. The molecule has 4 rings (SSSR count). The van der Waals surface area contributed by atoms with Crippen LogP contribution in [0.1, 0.15) is 22.3 Å². The number of ether oxygens (including phenoxy) is 2. The molecule has 0 unspecified atom stereocenters.